The number of hydrogen-bond donors (Lipinski definition) is 8. The molecule has 9 N–H and O–H groups in total. The van der Waals surface area contributed by atoms with Crippen molar-refractivity contribution < 1.29 is 46.9 Å². The summed E-state index contributed by atoms with van der Waals surface area (Å²) >= 11 is 6.04. The number of likely N-dealkylation sites (tertiary alicyclic amines) is 2. The second-order valence-electron chi connectivity index (χ2n) is 13.2. The van der Waals surface area contributed by atoms with Gasteiger partial charge in [0.15, 0.2) is 11.7 Å². The minimum absolute atomic E-state index is 0.0726. The number of carbonyl (C=O) groups excluding carboxylic acids is 3. The van der Waals surface area contributed by atoms with Crippen molar-refractivity contribution in [1.29, 1.82) is 5.41 Å². The summed E-state index contributed by atoms with van der Waals surface area (Å²) in [4.78, 5) is 44.1. The van der Waals surface area contributed by atoms with Crippen LogP contribution >= 0.6 is 11.6 Å². The first kappa shape index (κ1) is 37.6. The third kappa shape index (κ3) is 9.26. The van der Waals surface area contributed by atoms with Crippen LogP contribution in [0.1, 0.15) is 64.4 Å². The Morgan fingerprint density at radius 1 is 1.17 bits per heavy atom. The Morgan fingerprint density at radius 3 is 2.50 bits per heavy atom. The van der Waals surface area contributed by atoms with Crippen molar-refractivity contribution >= 4 is 45.7 Å². The van der Waals surface area contributed by atoms with E-state index in [1.165, 1.54) is 21.9 Å². The number of fused-ring (bicyclic) bond motifs is 1. The molecular formula is C30H45ClN6O10S. The number of nitrogens with one attached hydrogen (secondary N) is 3. The topological polar surface area (TPSA) is 256 Å². The van der Waals surface area contributed by atoms with Crippen molar-refractivity contribution in [3.8, 4) is 5.75 Å². The lowest BCUT2D eigenvalue weighted by molar-refractivity contribution is -0.146. The Hall–Kier alpha value is -3.22. The highest BCUT2D eigenvalue weighted by atomic mass is 35.5. The van der Waals surface area contributed by atoms with Gasteiger partial charge in [0.05, 0.1) is 17.2 Å². The number of guanidine groups is 1. The molecule has 1 aromatic carbocycles. The van der Waals surface area contributed by atoms with Crippen LogP contribution in [0.5, 0.6) is 5.75 Å². The standard InChI is InChI=1S/C30H45ClN6O10S/c1-15(2)10-21(35-27(41)24(39)12-16-5-8-25(19(31)11-16)47-48(44,45)46)29(43)37-22-14-18(38)7-6-17(22)13-23(37)26(40)34-20-4-3-9-36(28(20)42)30(32)33/h5,8,11,15,17-18,20-24,28,38-39,42H,3-4,6-7,9-10,12-14H2,1-2H3,(H3,32,33)(H,34,40)(H,35,41)(H,44,45,46)/t17-,18?,20+,21+,22-,23-,24+,28-/m0/s1. The fourth-order valence-corrected chi connectivity index (χ4v) is 7.62. The molecule has 0 bridgehead atoms. The maximum absolute atomic E-state index is 14.3. The maximum atomic E-state index is 14.3. The molecule has 1 aromatic rings. The van der Waals surface area contributed by atoms with Crippen molar-refractivity contribution in [2.45, 2.75) is 108 Å². The summed E-state index contributed by atoms with van der Waals surface area (Å²) in [5.74, 6) is -2.71. The van der Waals surface area contributed by atoms with Crippen LogP contribution in [0.25, 0.3) is 0 Å². The van der Waals surface area contributed by atoms with E-state index in [1.807, 2.05) is 13.8 Å². The van der Waals surface area contributed by atoms with Gasteiger partial charge in [-0.1, -0.05) is 31.5 Å². The number of carbonyl (C=O) groups is 3. The van der Waals surface area contributed by atoms with E-state index in [9.17, 15) is 38.1 Å². The molecule has 0 radical (unpaired) electrons. The number of halogens is 1. The fourth-order valence-electron chi connectivity index (χ4n) is 6.96. The van der Waals surface area contributed by atoms with E-state index in [1.54, 1.807) is 0 Å². The molecule has 1 saturated carbocycles. The van der Waals surface area contributed by atoms with Gasteiger partial charge in [0.2, 0.25) is 17.7 Å². The normalized spacial score (nSPS) is 27.2. The average Bonchev–Trinajstić information content (AvgIpc) is 3.36. The van der Waals surface area contributed by atoms with Crippen LogP contribution in [0.3, 0.4) is 0 Å². The molecule has 268 valence electrons. The third-order valence-corrected chi connectivity index (χ3v) is 9.87. The van der Waals surface area contributed by atoms with E-state index < -0.39 is 70.7 Å². The molecule has 2 heterocycles. The van der Waals surface area contributed by atoms with Crippen LogP contribution in [-0.4, -0.2) is 111 Å². The summed E-state index contributed by atoms with van der Waals surface area (Å²) in [5, 5.41) is 45.1. The van der Waals surface area contributed by atoms with Crippen LogP contribution in [0, 0.1) is 17.2 Å². The first-order chi connectivity index (χ1) is 22.4. The van der Waals surface area contributed by atoms with Crippen molar-refractivity contribution in [3.63, 3.8) is 0 Å². The molecule has 0 aromatic heterocycles. The molecule has 8 atom stereocenters. The molecule has 2 aliphatic heterocycles. The van der Waals surface area contributed by atoms with Crippen LogP contribution in [0.2, 0.25) is 5.02 Å². The second kappa shape index (κ2) is 15.6. The van der Waals surface area contributed by atoms with Gasteiger partial charge in [0, 0.05) is 19.0 Å². The van der Waals surface area contributed by atoms with Crippen molar-refractivity contribution in [1.82, 2.24) is 20.4 Å². The van der Waals surface area contributed by atoms with Gasteiger partial charge in [-0.3, -0.25) is 24.3 Å². The van der Waals surface area contributed by atoms with Gasteiger partial charge in [-0.05, 0) is 74.5 Å². The largest absolute Gasteiger partial charge is 0.446 e. The SMILES string of the molecule is CC(C)C[C@@H](NC(=O)[C@H](O)Cc1ccc(OS(=O)(=O)O)c(Cl)c1)C(=O)N1[C@H](C(=O)N[C@@H]2CCCN(C(=N)N)[C@H]2O)C[C@@H]2CCC(O)C[C@@H]21. The molecule has 18 heteroatoms. The Morgan fingerprint density at radius 2 is 1.88 bits per heavy atom. The van der Waals surface area contributed by atoms with Crippen LogP contribution in [0.15, 0.2) is 18.2 Å². The second-order valence-corrected chi connectivity index (χ2v) is 14.7. The maximum Gasteiger partial charge on any atom is 0.446 e. The summed E-state index contributed by atoms with van der Waals surface area (Å²) in [5.41, 5.74) is 5.94. The smallest absolute Gasteiger partial charge is 0.393 e. The number of benzene rings is 1. The number of rotatable bonds is 11. The number of piperidine rings is 1. The van der Waals surface area contributed by atoms with Crippen molar-refractivity contribution in [2.24, 2.45) is 17.6 Å². The summed E-state index contributed by atoms with van der Waals surface area (Å²) in [6.45, 7) is 4.07. The summed E-state index contributed by atoms with van der Waals surface area (Å²) in [6, 6.07) is 0.491. The highest BCUT2D eigenvalue weighted by molar-refractivity contribution is 7.81. The molecule has 2 saturated heterocycles. The van der Waals surface area contributed by atoms with E-state index in [-0.39, 0.29) is 47.8 Å². The van der Waals surface area contributed by atoms with Crippen LogP contribution in [-0.2, 0) is 31.2 Å². The molecule has 48 heavy (non-hydrogen) atoms. The third-order valence-electron chi connectivity index (χ3n) is 9.18. The van der Waals surface area contributed by atoms with E-state index in [0.717, 1.165) is 6.07 Å². The Kier molecular flexibility index (Phi) is 12.2. The van der Waals surface area contributed by atoms with E-state index in [2.05, 4.69) is 14.8 Å². The predicted octanol–water partition coefficient (Wildman–Crippen LogP) is -0.121. The number of aliphatic hydroxyl groups is 3. The molecule has 3 amide bonds. The summed E-state index contributed by atoms with van der Waals surface area (Å²) in [6.07, 6.45) is -0.879. The molecule has 0 spiro atoms. The van der Waals surface area contributed by atoms with Gasteiger partial charge in [-0.25, -0.2) is 0 Å². The first-order valence-corrected chi connectivity index (χ1v) is 17.7. The number of amides is 3. The quantitative estimate of drug-likeness (QED) is 0.0847. The molecular weight excluding hydrogens is 672 g/mol. The van der Waals surface area contributed by atoms with E-state index in [0.29, 0.717) is 44.2 Å². The summed E-state index contributed by atoms with van der Waals surface area (Å²) < 4.78 is 35.3. The Labute approximate surface area is 284 Å². The minimum Gasteiger partial charge on any atom is -0.393 e. The molecule has 1 aliphatic carbocycles. The zero-order valence-electron chi connectivity index (χ0n) is 26.8. The van der Waals surface area contributed by atoms with Crippen molar-refractivity contribution in [3.05, 3.63) is 28.8 Å². The van der Waals surface area contributed by atoms with Gasteiger partial charge < -0.3 is 45.7 Å². The molecule has 1 unspecified atom stereocenters. The van der Waals surface area contributed by atoms with Gasteiger partial charge in [-0.15, -0.1) is 0 Å². The van der Waals surface area contributed by atoms with E-state index >= 15 is 0 Å². The number of aliphatic hydroxyl groups excluding tert-OH is 3. The lowest BCUT2D eigenvalue weighted by Gasteiger charge is -2.40. The molecule has 16 nitrogen and oxygen atoms in total. The molecule has 4 rings (SSSR count). The molecule has 3 aliphatic rings. The number of nitrogens with two attached hydrogens (primary N) is 1. The summed E-state index contributed by atoms with van der Waals surface area (Å²) in [7, 11) is -4.82. The highest BCUT2D eigenvalue weighted by Crippen LogP contribution is 2.41. The van der Waals surface area contributed by atoms with Gasteiger partial charge in [-0.2, -0.15) is 8.42 Å². The number of hydrogen-bond acceptors (Lipinski definition) is 10. The monoisotopic (exact) mass is 716 g/mol. The van der Waals surface area contributed by atoms with Crippen LogP contribution < -0.4 is 20.6 Å². The zero-order valence-corrected chi connectivity index (χ0v) is 28.4. The Balaban J connectivity index is 1.52. The van der Waals surface area contributed by atoms with E-state index in [4.69, 9.17) is 27.3 Å². The number of nitrogens with zero attached hydrogens (tertiary/aromatic N) is 2. The zero-order chi connectivity index (χ0) is 35.5. The van der Waals surface area contributed by atoms with Crippen LogP contribution in [0.4, 0.5) is 0 Å². The Bertz CT molecular complexity index is 1480. The van der Waals surface area contributed by atoms with Gasteiger partial charge in [0.1, 0.15) is 24.4 Å². The lowest BCUT2D eigenvalue weighted by atomic mass is 9.83. The minimum atomic E-state index is -4.82. The fraction of sp³-hybridized carbons (Fsp3) is 0.667. The van der Waals surface area contributed by atoms with Gasteiger partial charge >= 0.3 is 10.4 Å². The van der Waals surface area contributed by atoms with Gasteiger partial charge in [0.25, 0.3) is 0 Å². The van der Waals surface area contributed by atoms with Crippen molar-refractivity contribution in [2.75, 3.05) is 6.54 Å². The predicted molar refractivity (Wildman–Crippen MR) is 173 cm³/mol. The molecule has 3 fully saturated rings. The first-order valence-electron chi connectivity index (χ1n) is 16.0. The average molecular weight is 717 g/mol. The lowest BCUT2D eigenvalue weighted by Crippen LogP contribution is -2.62. The highest BCUT2D eigenvalue weighted by Gasteiger charge is 2.51.